The van der Waals surface area contributed by atoms with Gasteiger partial charge in [0, 0.05) is 10.7 Å². The molecule has 0 bridgehead atoms. The van der Waals surface area contributed by atoms with Crippen LogP contribution in [-0.4, -0.2) is 0 Å². The van der Waals surface area contributed by atoms with Crippen LogP contribution in [0.25, 0.3) is 0 Å². The van der Waals surface area contributed by atoms with Gasteiger partial charge in [0.25, 0.3) is 0 Å². The number of hydrogen-bond acceptors (Lipinski definition) is 2. The summed E-state index contributed by atoms with van der Waals surface area (Å²) >= 11 is 5.96. The van der Waals surface area contributed by atoms with Crippen molar-refractivity contribution in [1.29, 1.82) is 0 Å². The maximum absolute atomic E-state index is 5.96. The predicted octanol–water partition coefficient (Wildman–Crippen LogP) is 4.28. The molecule has 0 aliphatic rings. The molecule has 2 rings (SSSR count). The highest BCUT2D eigenvalue weighted by Gasteiger charge is 2.03. The second-order valence-electron chi connectivity index (χ2n) is 4.17. The van der Waals surface area contributed by atoms with E-state index in [0.717, 1.165) is 11.4 Å². The fraction of sp³-hybridized carbons (Fsp3) is 0.143. The van der Waals surface area contributed by atoms with E-state index < -0.39 is 0 Å². The molecule has 0 fully saturated rings. The van der Waals surface area contributed by atoms with Gasteiger partial charge in [-0.2, -0.15) is 0 Å². The van der Waals surface area contributed by atoms with Gasteiger partial charge < -0.3 is 11.1 Å². The predicted molar refractivity (Wildman–Crippen MR) is 75.1 cm³/mol. The molecular formula is C14H15ClN2. The zero-order valence-corrected chi connectivity index (χ0v) is 10.7. The molecule has 0 saturated heterocycles. The normalized spacial score (nSPS) is 10.3. The zero-order valence-electron chi connectivity index (χ0n) is 9.92. The van der Waals surface area contributed by atoms with E-state index in [-0.39, 0.29) is 0 Å². The van der Waals surface area contributed by atoms with Crippen molar-refractivity contribution in [1.82, 2.24) is 0 Å². The van der Waals surface area contributed by atoms with Crippen molar-refractivity contribution in [2.24, 2.45) is 0 Å². The van der Waals surface area contributed by atoms with Crippen LogP contribution in [-0.2, 0) is 0 Å². The number of rotatable bonds is 2. The summed E-state index contributed by atoms with van der Waals surface area (Å²) in [6.45, 7) is 4.12. The zero-order chi connectivity index (χ0) is 12.4. The fourth-order valence-electron chi connectivity index (χ4n) is 1.65. The molecule has 88 valence electrons. The Kier molecular flexibility index (Phi) is 3.25. The molecular weight excluding hydrogens is 232 g/mol. The number of anilines is 3. The molecule has 2 aromatic rings. The Morgan fingerprint density at radius 3 is 2.53 bits per heavy atom. The quantitative estimate of drug-likeness (QED) is 0.776. The summed E-state index contributed by atoms with van der Waals surface area (Å²) in [5.41, 5.74) is 10.9. The van der Waals surface area contributed by atoms with Crippen molar-refractivity contribution < 1.29 is 0 Å². The molecule has 0 spiro atoms. The molecule has 0 saturated carbocycles. The van der Waals surface area contributed by atoms with Gasteiger partial charge in [-0.15, -0.1) is 0 Å². The van der Waals surface area contributed by atoms with Crippen molar-refractivity contribution in [2.75, 3.05) is 11.1 Å². The van der Waals surface area contributed by atoms with E-state index in [0.29, 0.717) is 10.7 Å². The van der Waals surface area contributed by atoms with Gasteiger partial charge in [-0.1, -0.05) is 23.7 Å². The molecule has 0 atom stereocenters. The lowest BCUT2D eigenvalue weighted by molar-refractivity contribution is 1.38. The summed E-state index contributed by atoms with van der Waals surface area (Å²) in [6, 6.07) is 11.7. The highest BCUT2D eigenvalue weighted by atomic mass is 35.5. The number of nitrogen functional groups attached to an aromatic ring is 1. The van der Waals surface area contributed by atoms with Crippen molar-refractivity contribution in [3.05, 3.63) is 52.5 Å². The Morgan fingerprint density at radius 1 is 1.00 bits per heavy atom. The Bertz CT molecular complexity index is 500. The largest absolute Gasteiger partial charge is 0.397 e. The molecule has 2 aromatic carbocycles. The molecule has 0 amide bonds. The average molecular weight is 247 g/mol. The minimum absolute atomic E-state index is 0.673. The summed E-state index contributed by atoms with van der Waals surface area (Å²) in [5, 5.41) is 3.99. The lowest BCUT2D eigenvalue weighted by Gasteiger charge is -2.12. The van der Waals surface area contributed by atoms with Crippen LogP contribution in [0.4, 0.5) is 17.1 Å². The molecule has 0 unspecified atom stereocenters. The maximum atomic E-state index is 5.96. The number of halogens is 1. The first-order chi connectivity index (χ1) is 8.06. The van der Waals surface area contributed by atoms with E-state index in [4.69, 9.17) is 17.3 Å². The Balaban J connectivity index is 2.37. The monoisotopic (exact) mass is 246 g/mol. The van der Waals surface area contributed by atoms with Crippen molar-refractivity contribution in [3.8, 4) is 0 Å². The molecule has 17 heavy (non-hydrogen) atoms. The number of benzene rings is 2. The van der Waals surface area contributed by atoms with E-state index >= 15 is 0 Å². The number of hydrogen-bond donors (Lipinski definition) is 2. The molecule has 0 radical (unpaired) electrons. The molecule has 0 aromatic heterocycles. The van der Waals surface area contributed by atoms with Crippen LogP contribution in [0, 0.1) is 13.8 Å². The number of aryl methyl sites for hydroxylation is 2. The van der Waals surface area contributed by atoms with Crippen LogP contribution >= 0.6 is 11.6 Å². The Morgan fingerprint density at radius 2 is 1.76 bits per heavy atom. The van der Waals surface area contributed by atoms with Gasteiger partial charge in [0.1, 0.15) is 0 Å². The Hall–Kier alpha value is -1.67. The second kappa shape index (κ2) is 4.68. The maximum Gasteiger partial charge on any atom is 0.0632 e. The molecule has 3 N–H and O–H groups in total. The van der Waals surface area contributed by atoms with Crippen molar-refractivity contribution in [3.63, 3.8) is 0 Å². The third-order valence-corrected chi connectivity index (χ3v) is 2.91. The van der Waals surface area contributed by atoms with Crippen molar-refractivity contribution in [2.45, 2.75) is 13.8 Å². The fourth-order valence-corrected chi connectivity index (χ4v) is 1.82. The third kappa shape index (κ3) is 2.71. The van der Waals surface area contributed by atoms with Gasteiger partial charge in [-0.3, -0.25) is 0 Å². The van der Waals surface area contributed by atoms with E-state index in [9.17, 15) is 0 Å². The van der Waals surface area contributed by atoms with Gasteiger partial charge in [0.15, 0.2) is 0 Å². The van der Waals surface area contributed by atoms with Gasteiger partial charge in [0.05, 0.1) is 11.4 Å². The van der Waals surface area contributed by atoms with E-state index in [1.165, 1.54) is 11.1 Å². The minimum atomic E-state index is 0.673. The van der Waals surface area contributed by atoms with Gasteiger partial charge >= 0.3 is 0 Å². The van der Waals surface area contributed by atoms with E-state index in [2.05, 4.69) is 37.4 Å². The van der Waals surface area contributed by atoms with E-state index in [1.807, 2.05) is 6.07 Å². The van der Waals surface area contributed by atoms with Gasteiger partial charge in [0.2, 0.25) is 0 Å². The van der Waals surface area contributed by atoms with Crippen LogP contribution in [0.3, 0.4) is 0 Å². The highest BCUT2D eigenvalue weighted by Crippen LogP contribution is 2.28. The summed E-state index contributed by atoms with van der Waals surface area (Å²) in [6.07, 6.45) is 0. The van der Waals surface area contributed by atoms with Crippen LogP contribution in [0.1, 0.15) is 11.1 Å². The topological polar surface area (TPSA) is 38.0 Å². The lowest BCUT2D eigenvalue weighted by atomic mass is 10.1. The summed E-state index contributed by atoms with van der Waals surface area (Å²) in [7, 11) is 0. The first-order valence-corrected chi connectivity index (χ1v) is 5.83. The SMILES string of the molecule is Cc1ccc(C)c(Nc2cc(Cl)ccc2N)c1. The third-order valence-electron chi connectivity index (χ3n) is 2.68. The number of nitrogens with two attached hydrogens (primary N) is 1. The van der Waals surface area contributed by atoms with Crippen LogP contribution < -0.4 is 11.1 Å². The molecule has 0 aliphatic carbocycles. The van der Waals surface area contributed by atoms with Gasteiger partial charge in [-0.25, -0.2) is 0 Å². The minimum Gasteiger partial charge on any atom is -0.397 e. The molecule has 0 heterocycles. The molecule has 2 nitrogen and oxygen atoms in total. The van der Waals surface area contributed by atoms with E-state index in [1.54, 1.807) is 12.1 Å². The van der Waals surface area contributed by atoms with Gasteiger partial charge in [-0.05, 0) is 49.2 Å². The van der Waals surface area contributed by atoms with Crippen LogP contribution in [0.2, 0.25) is 5.02 Å². The van der Waals surface area contributed by atoms with Crippen molar-refractivity contribution >= 4 is 28.7 Å². The highest BCUT2D eigenvalue weighted by molar-refractivity contribution is 6.31. The molecule has 0 aliphatic heterocycles. The Labute approximate surface area is 106 Å². The second-order valence-corrected chi connectivity index (χ2v) is 4.61. The first-order valence-electron chi connectivity index (χ1n) is 5.45. The smallest absolute Gasteiger partial charge is 0.0632 e. The molecule has 3 heteroatoms. The summed E-state index contributed by atoms with van der Waals surface area (Å²) < 4.78 is 0. The lowest BCUT2D eigenvalue weighted by Crippen LogP contribution is -1.98. The first kappa shape index (κ1) is 11.8. The average Bonchev–Trinajstić information content (AvgIpc) is 2.28. The standard InChI is InChI=1S/C14H15ClN2/c1-9-3-4-10(2)13(7-9)17-14-8-11(15)5-6-12(14)16/h3-8,17H,16H2,1-2H3. The summed E-state index contributed by atoms with van der Waals surface area (Å²) in [5.74, 6) is 0. The van der Waals surface area contributed by atoms with Crippen LogP contribution in [0.5, 0.6) is 0 Å². The number of nitrogens with one attached hydrogen (secondary N) is 1. The van der Waals surface area contributed by atoms with Crippen LogP contribution in [0.15, 0.2) is 36.4 Å². The summed E-state index contributed by atoms with van der Waals surface area (Å²) in [4.78, 5) is 0.